The van der Waals surface area contributed by atoms with Gasteiger partial charge in [-0.15, -0.1) is 0 Å². The fourth-order valence-corrected chi connectivity index (χ4v) is 4.87. The summed E-state index contributed by atoms with van der Waals surface area (Å²) in [5.41, 5.74) is 5.60. The number of likely N-dealkylation sites (N-methyl/N-ethyl adjacent to an activating group) is 1. The monoisotopic (exact) mass is 501 g/mol. The quantitative estimate of drug-likeness (QED) is 0.531. The lowest BCUT2D eigenvalue weighted by molar-refractivity contribution is -0.120. The first-order valence-electron chi connectivity index (χ1n) is 12.0. The molecule has 3 amide bonds. The van der Waals surface area contributed by atoms with Crippen LogP contribution in [-0.4, -0.2) is 53.8 Å². The summed E-state index contributed by atoms with van der Waals surface area (Å²) in [4.78, 5) is 35.1. The third-order valence-corrected chi connectivity index (χ3v) is 7.00. The average Bonchev–Trinajstić information content (AvgIpc) is 3.31. The number of anilines is 2. The lowest BCUT2D eigenvalue weighted by atomic mass is 9.90. The molecule has 0 bridgehead atoms. The van der Waals surface area contributed by atoms with Crippen LogP contribution in [0.1, 0.15) is 22.3 Å². The molecule has 0 aromatic heterocycles. The van der Waals surface area contributed by atoms with Crippen molar-refractivity contribution in [3.05, 3.63) is 94.0 Å². The number of nitrogens with zero attached hydrogens (tertiary/aromatic N) is 3. The van der Waals surface area contributed by atoms with Crippen molar-refractivity contribution in [1.82, 2.24) is 9.80 Å². The predicted molar refractivity (Wildman–Crippen MR) is 144 cm³/mol. The highest BCUT2D eigenvalue weighted by atomic mass is 35.5. The molecule has 2 aliphatic rings. The Morgan fingerprint density at radius 2 is 1.67 bits per heavy atom. The van der Waals surface area contributed by atoms with Crippen LogP contribution in [0.2, 0.25) is 5.02 Å². The molecule has 8 heteroatoms. The molecule has 3 aromatic rings. The molecule has 36 heavy (non-hydrogen) atoms. The molecule has 2 heterocycles. The van der Waals surface area contributed by atoms with Gasteiger partial charge in [-0.3, -0.25) is 9.79 Å². The highest BCUT2D eigenvalue weighted by molar-refractivity contribution is 6.30. The highest BCUT2D eigenvalue weighted by Crippen LogP contribution is 2.28. The zero-order valence-electron chi connectivity index (χ0n) is 20.3. The maximum atomic E-state index is 13.5. The first-order valence-corrected chi connectivity index (χ1v) is 12.3. The standard InChI is InChI=1S/C28H28ClN5O2/c1-18-4-3-5-20-17-34(28(36)32-23-12-8-21(29)9-13-23)25(16-24(18)20)27(35)31-22-10-6-19(7-11-22)26-30-14-15-33(26)2/h3-13,25H,14-17H2,1-2H3,(H,31,35)(H,32,36). The number of halogens is 1. The van der Waals surface area contributed by atoms with Gasteiger partial charge < -0.3 is 20.4 Å². The Balaban J connectivity index is 1.37. The molecule has 1 unspecified atom stereocenters. The molecule has 0 fully saturated rings. The number of hydrogen-bond acceptors (Lipinski definition) is 4. The van der Waals surface area contributed by atoms with Gasteiger partial charge in [0.25, 0.3) is 0 Å². The zero-order valence-corrected chi connectivity index (χ0v) is 21.0. The predicted octanol–water partition coefficient (Wildman–Crippen LogP) is 4.94. The maximum absolute atomic E-state index is 13.5. The summed E-state index contributed by atoms with van der Waals surface area (Å²) in [6, 6.07) is 19.6. The van der Waals surface area contributed by atoms with Crippen molar-refractivity contribution in [2.75, 3.05) is 30.8 Å². The van der Waals surface area contributed by atoms with Crippen molar-refractivity contribution >= 4 is 40.7 Å². The lowest BCUT2D eigenvalue weighted by Gasteiger charge is -2.36. The number of aryl methyl sites for hydroxylation is 1. The summed E-state index contributed by atoms with van der Waals surface area (Å²) in [6.07, 6.45) is 0.446. The second kappa shape index (κ2) is 10.0. The minimum Gasteiger partial charge on any atom is -0.358 e. The Morgan fingerprint density at radius 1 is 0.972 bits per heavy atom. The minimum absolute atomic E-state index is 0.224. The van der Waals surface area contributed by atoms with E-state index in [2.05, 4.69) is 20.5 Å². The fourth-order valence-electron chi connectivity index (χ4n) is 4.75. The molecule has 2 N–H and O–H groups in total. The molecule has 0 aliphatic carbocycles. The molecule has 0 saturated heterocycles. The van der Waals surface area contributed by atoms with Gasteiger partial charge in [0.15, 0.2) is 0 Å². The Labute approximate surface area is 215 Å². The van der Waals surface area contributed by atoms with Crippen molar-refractivity contribution in [2.24, 2.45) is 4.99 Å². The number of fused-ring (bicyclic) bond motifs is 1. The van der Waals surface area contributed by atoms with E-state index in [0.29, 0.717) is 29.4 Å². The van der Waals surface area contributed by atoms with Gasteiger partial charge in [0.05, 0.1) is 6.54 Å². The number of nitrogens with one attached hydrogen (secondary N) is 2. The van der Waals surface area contributed by atoms with E-state index in [4.69, 9.17) is 11.6 Å². The number of carbonyl (C=O) groups excluding carboxylic acids is 2. The van der Waals surface area contributed by atoms with E-state index in [1.165, 1.54) is 0 Å². The van der Waals surface area contributed by atoms with E-state index in [9.17, 15) is 9.59 Å². The van der Waals surface area contributed by atoms with Crippen LogP contribution in [0.15, 0.2) is 71.7 Å². The fraction of sp³-hybridized carbons (Fsp3) is 0.250. The van der Waals surface area contributed by atoms with Gasteiger partial charge in [0.1, 0.15) is 11.9 Å². The van der Waals surface area contributed by atoms with Crippen molar-refractivity contribution in [2.45, 2.75) is 25.9 Å². The third kappa shape index (κ3) is 4.93. The summed E-state index contributed by atoms with van der Waals surface area (Å²) in [5.74, 6) is 0.732. The van der Waals surface area contributed by atoms with E-state index in [0.717, 1.165) is 41.2 Å². The molecule has 0 spiro atoms. The van der Waals surface area contributed by atoms with Crippen molar-refractivity contribution in [3.63, 3.8) is 0 Å². The topological polar surface area (TPSA) is 77.0 Å². The average molecular weight is 502 g/mol. The van der Waals surface area contributed by atoms with Crippen LogP contribution in [0.3, 0.4) is 0 Å². The molecule has 0 radical (unpaired) electrons. The van der Waals surface area contributed by atoms with Crippen molar-refractivity contribution in [1.29, 1.82) is 0 Å². The Bertz CT molecular complexity index is 1320. The van der Waals surface area contributed by atoms with Crippen molar-refractivity contribution in [3.8, 4) is 0 Å². The van der Waals surface area contributed by atoms with Crippen LogP contribution in [0.25, 0.3) is 0 Å². The van der Waals surface area contributed by atoms with E-state index < -0.39 is 6.04 Å². The number of carbonyl (C=O) groups is 2. The summed E-state index contributed by atoms with van der Waals surface area (Å²) in [5, 5.41) is 6.51. The Hall–Kier alpha value is -3.84. The third-order valence-electron chi connectivity index (χ3n) is 6.75. The second-order valence-electron chi connectivity index (χ2n) is 9.19. The normalized spacial score (nSPS) is 16.9. The molecule has 1 atom stereocenters. The number of benzene rings is 3. The van der Waals surface area contributed by atoms with Crippen LogP contribution in [0, 0.1) is 6.92 Å². The number of rotatable bonds is 4. The molecular weight excluding hydrogens is 474 g/mol. The first-order chi connectivity index (χ1) is 17.4. The number of aliphatic imine (C=N–C) groups is 1. The van der Waals surface area contributed by atoms with Crippen LogP contribution in [0.5, 0.6) is 0 Å². The Morgan fingerprint density at radius 3 is 2.36 bits per heavy atom. The van der Waals surface area contributed by atoms with E-state index in [1.807, 2.05) is 56.4 Å². The van der Waals surface area contributed by atoms with Gasteiger partial charge in [-0.1, -0.05) is 29.8 Å². The summed E-state index contributed by atoms with van der Waals surface area (Å²) >= 11 is 5.98. The summed E-state index contributed by atoms with van der Waals surface area (Å²) in [7, 11) is 2.02. The number of amidine groups is 1. The smallest absolute Gasteiger partial charge is 0.322 e. The van der Waals surface area contributed by atoms with Gasteiger partial charge in [0.2, 0.25) is 5.91 Å². The first kappa shape index (κ1) is 23.9. The van der Waals surface area contributed by atoms with Gasteiger partial charge in [0, 0.05) is 48.5 Å². The zero-order chi connectivity index (χ0) is 25.2. The number of amides is 3. The molecule has 0 saturated carbocycles. The lowest BCUT2D eigenvalue weighted by Crippen LogP contribution is -2.52. The van der Waals surface area contributed by atoms with Gasteiger partial charge in [-0.05, 0) is 72.1 Å². The summed E-state index contributed by atoms with van der Waals surface area (Å²) in [6.45, 7) is 4.09. The summed E-state index contributed by atoms with van der Waals surface area (Å²) < 4.78 is 0. The maximum Gasteiger partial charge on any atom is 0.322 e. The van der Waals surface area contributed by atoms with E-state index >= 15 is 0 Å². The number of urea groups is 1. The van der Waals surface area contributed by atoms with Crippen LogP contribution in [0.4, 0.5) is 16.2 Å². The van der Waals surface area contributed by atoms with E-state index in [1.54, 1.807) is 29.2 Å². The molecule has 2 aliphatic heterocycles. The largest absolute Gasteiger partial charge is 0.358 e. The van der Waals surface area contributed by atoms with Crippen LogP contribution in [-0.2, 0) is 17.8 Å². The number of hydrogen-bond donors (Lipinski definition) is 2. The second-order valence-corrected chi connectivity index (χ2v) is 9.63. The molecule has 3 aromatic carbocycles. The van der Waals surface area contributed by atoms with Gasteiger partial charge in [-0.25, -0.2) is 4.79 Å². The molecular formula is C28H28ClN5O2. The molecule has 184 valence electrons. The minimum atomic E-state index is -0.657. The van der Waals surface area contributed by atoms with Crippen LogP contribution >= 0.6 is 11.6 Å². The Kier molecular flexibility index (Phi) is 6.65. The van der Waals surface area contributed by atoms with Gasteiger partial charge >= 0.3 is 6.03 Å². The van der Waals surface area contributed by atoms with E-state index in [-0.39, 0.29) is 11.9 Å². The van der Waals surface area contributed by atoms with Gasteiger partial charge in [-0.2, -0.15) is 0 Å². The van der Waals surface area contributed by atoms with Crippen molar-refractivity contribution < 1.29 is 9.59 Å². The molecule has 7 nitrogen and oxygen atoms in total. The highest BCUT2D eigenvalue weighted by Gasteiger charge is 2.35. The SMILES string of the molecule is Cc1cccc2c1CC(C(=O)Nc1ccc(C3=NCCN3C)cc1)N(C(=O)Nc1ccc(Cl)cc1)C2. The van der Waals surface area contributed by atoms with Crippen LogP contribution < -0.4 is 10.6 Å². The molecule has 5 rings (SSSR count).